The number of aliphatic imine (C=N–C) groups is 1. The van der Waals surface area contributed by atoms with Crippen LogP contribution in [0, 0.1) is 10.1 Å². The van der Waals surface area contributed by atoms with Gasteiger partial charge in [-0.1, -0.05) is 11.8 Å². The number of rotatable bonds is 2. The maximum Gasteiger partial charge on any atom is 0.300 e. The van der Waals surface area contributed by atoms with Crippen molar-refractivity contribution in [3.05, 3.63) is 22.2 Å². The normalized spacial score (nSPS) is 14.6. The molecule has 2 aromatic rings. The number of thioether (sulfide) groups is 1. The van der Waals surface area contributed by atoms with E-state index in [4.69, 9.17) is 0 Å². The van der Waals surface area contributed by atoms with E-state index in [9.17, 15) is 10.1 Å². The van der Waals surface area contributed by atoms with E-state index in [1.807, 2.05) is 0 Å². The minimum Gasteiger partial charge on any atom is -0.363 e. The Morgan fingerprint density at radius 1 is 1.39 bits per heavy atom. The van der Waals surface area contributed by atoms with Gasteiger partial charge in [0.2, 0.25) is 5.52 Å². The highest BCUT2D eigenvalue weighted by Gasteiger charge is 2.21. The van der Waals surface area contributed by atoms with E-state index in [1.165, 1.54) is 17.8 Å². The van der Waals surface area contributed by atoms with Crippen LogP contribution in [-0.4, -0.2) is 33.5 Å². The summed E-state index contributed by atoms with van der Waals surface area (Å²) in [6.07, 6.45) is 0. The third-order valence-corrected chi connectivity index (χ3v) is 3.42. The zero-order chi connectivity index (χ0) is 12.5. The summed E-state index contributed by atoms with van der Waals surface area (Å²) in [4.78, 5) is 15.3. The highest BCUT2D eigenvalue weighted by molar-refractivity contribution is 8.14. The fourth-order valence-corrected chi connectivity index (χ4v) is 2.51. The Kier molecular flexibility index (Phi) is 2.59. The predicted molar refractivity (Wildman–Crippen MR) is 64.6 cm³/mol. The monoisotopic (exact) mass is 265 g/mol. The predicted octanol–water partition coefficient (Wildman–Crippen LogP) is 1.18. The lowest BCUT2D eigenvalue weighted by atomic mass is 10.3. The van der Waals surface area contributed by atoms with Crippen LogP contribution >= 0.6 is 11.8 Å². The maximum absolute atomic E-state index is 10.8. The van der Waals surface area contributed by atoms with E-state index in [1.54, 1.807) is 6.07 Å². The summed E-state index contributed by atoms with van der Waals surface area (Å²) in [6.45, 7) is 1.53. The molecule has 3 rings (SSSR count). The average Bonchev–Trinajstić information content (AvgIpc) is 2.98. The molecule has 1 aromatic heterocycles. The van der Waals surface area contributed by atoms with Crippen molar-refractivity contribution in [3.8, 4) is 0 Å². The van der Waals surface area contributed by atoms with Gasteiger partial charge in [0.15, 0.2) is 10.7 Å². The van der Waals surface area contributed by atoms with E-state index in [0.29, 0.717) is 5.52 Å². The fraction of sp³-hybridized carbons (Fsp3) is 0.222. The molecule has 0 unspecified atom stereocenters. The van der Waals surface area contributed by atoms with E-state index < -0.39 is 4.92 Å². The van der Waals surface area contributed by atoms with Crippen molar-refractivity contribution in [1.29, 1.82) is 0 Å². The molecule has 8 nitrogen and oxygen atoms in total. The smallest absolute Gasteiger partial charge is 0.300 e. The Labute approximate surface area is 105 Å². The molecule has 92 valence electrons. The number of benzene rings is 1. The largest absolute Gasteiger partial charge is 0.363 e. The van der Waals surface area contributed by atoms with Crippen molar-refractivity contribution in [3.63, 3.8) is 0 Å². The molecule has 18 heavy (non-hydrogen) atoms. The summed E-state index contributed by atoms with van der Waals surface area (Å²) in [5.74, 6) is 0. The van der Waals surface area contributed by atoms with E-state index in [2.05, 4.69) is 25.3 Å². The van der Waals surface area contributed by atoms with Gasteiger partial charge in [-0.15, -0.1) is 0 Å². The zero-order valence-electron chi connectivity index (χ0n) is 8.99. The number of hydrogen-bond donors (Lipinski definition) is 1. The molecular weight excluding hydrogens is 258 g/mol. The minimum atomic E-state index is -0.508. The first kappa shape index (κ1) is 11.0. The number of amidine groups is 1. The first-order valence-corrected chi connectivity index (χ1v) is 5.93. The lowest BCUT2D eigenvalue weighted by Crippen LogP contribution is -2.14. The first-order chi connectivity index (χ1) is 8.75. The fourth-order valence-electron chi connectivity index (χ4n) is 1.61. The summed E-state index contributed by atoms with van der Waals surface area (Å²) < 4.78 is 4.58. The molecule has 9 heteroatoms. The van der Waals surface area contributed by atoms with Crippen molar-refractivity contribution in [2.24, 2.45) is 4.99 Å². The molecule has 1 aliphatic rings. The van der Waals surface area contributed by atoms with Crippen molar-refractivity contribution in [2.45, 2.75) is 4.90 Å². The van der Waals surface area contributed by atoms with Crippen LogP contribution in [-0.2, 0) is 0 Å². The van der Waals surface area contributed by atoms with Gasteiger partial charge in [-0.2, -0.15) is 0 Å². The SMILES string of the molecule is O=[N+]([O-])c1ccc(SC2=NCCN2)c2nonc12. The number of nitrogens with zero attached hydrogens (tertiary/aromatic N) is 4. The van der Waals surface area contributed by atoms with Gasteiger partial charge < -0.3 is 5.32 Å². The van der Waals surface area contributed by atoms with Gasteiger partial charge in [0.25, 0.3) is 0 Å². The van der Waals surface area contributed by atoms with Gasteiger partial charge in [-0.05, 0) is 16.4 Å². The zero-order valence-corrected chi connectivity index (χ0v) is 9.81. The Hall–Kier alpha value is -2.16. The highest BCUT2D eigenvalue weighted by atomic mass is 32.2. The average molecular weight is 265 g/mol. The summed E-state index contributed by atoms with van der Waals surface area (Å²) in [5, 5.41) is 22.0. The third-order valence-electron chi connectivity index (χ3n) is 2.40. The Morgan fingerprint density at radius 2 is 2.22 bits per heavy atom. The second-order valence-electron chi connectivity index (χ2n) is 3.52. The number of fused-ring (bicyclic) bond motifs is 1. The van der Waals surface area contributed by atoms with Crippen LogP contribution in [0.15, 0.2) is 26.6 Å². The molecule has 0 amide bonds. The number of nitro groups is 1. The van der Waals surface area contributed by atoms with Gasteiger partial charge in [-0.3, -0.25) is 15.1 Å². The summed E-state index contributed by atoms with van der Waals surface area (Å²) >= 11 is 1.36. The highest BCUT2D eigenvalue weighted by Crippen LogP contribution is 2.32. The molecule has 1 aliphatic heterocycles. The first-order valence-electron chi connectivity index (χ1n) is 5.11. The molecule has 0 saturated heterocycles. The van der Waals surface area contributed by atoms with Gasteiger partial charge in [0.05, 0.1) is 11.5 Å². The molecule has 0 atom stereocenters. The van der Waals surface area contributed by atoms with Crippen LogP contribution in [0.3, 0.4) is 0 Å². The van der Waals surface area contributed by atoms with Gasteiger partial charge in [0.1, 0.15) is 0 Å². The maximum atomic E-state index is 10.8. The van der Waals surface area contributed by atoms with Crippen molar-refractivity contribution >= 4 is 33.7 Å². The summed E-state index contributed by atoms with van der Waals surface area (Å²) in [5.41, 5.74) is 0.422. The number of nitrogens with one attached hydrogen (secondary N) is 1. The summed E-state index contributed by atoms with van der Waals surface area (Å²) in [7, 11) is 0. The molecule has 2 heterocycles. The van der Waals surface area contributed by atoms with Crippen LogP contribution in [0.5, 0.6) is 0 Å². The molecule has 1 aromatic carbocycles. The lowest BCUT2D eigenvalue weighted by Gasteiger charge is -2.01. The van der Waals surface area contributed by atoms with E-state index in [0.717, 1.165) is 23.2 Å². The number of hydrogen-bond acceptors (Lipinski definition) is 8. The minimum absolute atomic E-state index is 0.114. The number of aromatic nitrogens is 2. The van der Waals surface area contributed by atoms with Crippen LogP contribution in [0.4, 0.5) is 5.69 Å². The van der Waals surface area contributed by atoms with Crippen molar-refractivity contribution in [1.82, 2.24) is 15.6 Å². The van der Waals surface area contributed by atoms with Crippen LogP contribution in [0.25, 0.3) is 11.0 Å². The van der Waals surface area contributed by atoms with E-state index >= 15 is 0 Å². The second kappa shape index (κ2) is 4.26. The molecule has 0 spiro atoms. The Bertz CT molecular complexity index is 653. The van der Waals surface area contributed by atoms with Gasteiger partial charge in [0, 0.05) is 17.5 Å². The molecular formula is C9H7N5O3S. The molecule has 0 saturated carbocycles. The molecule has 0 radical (unpaired) electrons. The van der Waals surface area contributed by atoms with Gasteiger partial charge >= 0.3 is 5.69 Å². The summed E-state index contributed by atoms with van der Waals surface area (Å²) in [6, 6.07) is 3.02. The van der Waals surface area contributed by atoms with Gasteiger partial charge in [-0.25, -0.2) is 4.63 Å². The number of nitro benzene ring substituents is 1. The van der Waals surface area contributed by atoms with Crippen LogP contribution < -0.4 is 5.32 Å². The molecule has 0 aliphatic carbocycles. The van der Waals surface area contributed by atoms with Crippen LogP contribution in [0.2, 0.25) is 0 Å². The third kappa shape index (κ3) is 1.78. The molecule has 0 bridgehead atoms. The second-order valence-corrected chi connectivity index (χ2v) is 4.55. The van der Waals surface area contributed by atoms with Crippen LogP contribution in [0.1, 0.15) is 0 Å². The van der Waals surface area contributed by atoms with Crippen molar-refractivity contribution < 1.29 is 9.55 Å². The topological polar surface area (TPSA) is 106 Å². The Morgan fingerprint density at radius 3 is 2.94 bits per heavy atom. The van der Waals surface area contributed by atoms with E-state index in [-0.39, 0.29) is 11.2 Å². The van der Waals surface area contributed by atoms with Crippen molar-refractivity contribution in [2.75, 3.05) is 13.1 Å². The lowest BCUT2D eigenvalue weighted by molar-refractivity contribution is -0.383. The number of non-ortho nitro benzene ring substituents is 1. The quantitative estimate of drug-likeness (QED) is 0.641. The molecule has 1 N–H and O–H groups in total. The molecule has 0 fully saturated rings. The standard InChI is InChI=1S/C9H7N5O3S/c15-14(16)5-1-2-6(8-7(5)12-17-13-8)18-9-10-3-4-11-9/h1-2H,3-4H2,(H,10,11). The Balaban J connectivity index is 2.05.